The maximum atomic E-state index is 11.6. The molecule has 0 fully saturated rings. The van der Waals surface area contributed by atoms with Gasteiger partial charge in [-0.1, -0.05) is 37.6 Å². The number of nitrogens with one attached hydrogen (secondary N) is 2. The highest BCUT2D eigenvalue weighted by atomic mass is 16.2. The highest BCUT2D eigenvalue weighted by molar-refractivity contribution is 6.06. The molecule has 2 aromatic heterocycles. The predicted octanol–water partition coefficient (Wildman–Crippen LogP) is 4.27. The fourth-order valence-corrected chi connectivity index (χ4v) is 3.50. The molecule has 3 rings (SSSR count). The van der Waals surface area contributed by atoms with Crippen LogP contribution in [0.25, 0.3) is 21.9 Å². The number of hydrogen-bond acceptors (Lipinski definition) is 4. The number of fused-ring (bicyclic) bond motifs is 3. The van der Waals surface area contributed by atoms with Crippen molar-refractivity contribution in [3.8, 4) is 0 Å². The van der Waals surface area contributed by atoms with E-state index in [2.05, 4.69) is 39.8 Å². The van der Waals surface area contributed by atoms with Gasteiger partial charge in [0.1, 0.15) is 11.3 Å². The van der Waals surface area contributed by atoms with Gasteiger partial charge >= 0.3 is 6.03 Å². The van der Waals surface area contributed by atoms with E-state index in [1.54, 1.807) is 6.08 Å². The number of imidazole rings is 1. The van der Waals surface area contributed by atoms with Gasteiger partial charge in [0.05, 0.1) is 11.0 Å². The predicted molar refractivity (Wildman–Crippen MR) is 123 cm³/mol. The fourth-order valence-electron chi connectivity index (χ4n) is 3.50. The summed E-state index contributed by atoms with van der Waals surface area (Å²) in [6.07, 6.45) is 6.59. The van der Waals surface area contributed by atoms with Gasteiger partial charge in [0.15, 0.2) is 5.82 Å². The first-order chi connectivity index (χ1) is 14.2. The van der Waals surface area contributed by atoms with E-state index in [-0.39, 0.29) is 8.88 Å². The van der Waals surface area contributed by atoms with E-state index >= 15 is 0 Å². The van der Waals surface area contributed by atoms with Gasteiger partial charge in [0.2, 0.25) is 0 Å². The SMILES string of the molecule is C=CCNC(=O)NCCCCn1c(CCCC)nc2c(N)nc3ccccc3c21.[HH].[HH]. The lowest BCUT2D eigenvalue weighted by Crippen LogP contribution is -2.36. The zero-order chi connectivity index (χ0) is 20.6. The van der Waals surface area contributed by atoms with Crippen molar-refractivity contribution >= 4 is 33.8 Å². The van der Waals surface area contributed by atoms with Gasteiger partial charge in [-0.3, -0.25) is 0 Å². The lowest BCUT2D eigenvalue weighted by molar-refractivity contribution is 0.241. The van der Waals surface area contributed by atoms with Crippen molar-refractivity contribution in [1.82, 2.24) is 25.2 Å². The number of carbonyl (C=O) groups excluding carboxylic acids is 1. The second-order valence-electron chi connectivity index (χ2n) is 7.13. The summed E-state index contributed by atoms with van der Waals surface area (Å²) in [5, 5.41) is 6.66. The van der Waals surface area contributed by atoms with E-state index in [0.29, 0.717) is 18.9 Å². The van der Waals surface area contributed by atoms with Gasteiger partial charge in [-0.05, 0) is 25.3 Å². The third-order valence-electron chi connectivity index (χ3n) is 4.94. The van der Waals surface area contributed by atoms with Crippen LogP contribution in [-0.4, -0.2) is 33.7 Å². The van der Waals surface area contributed by atoms with Gasteiger partial charge in [-0.25, -0.2) is 14.8 Å². The van der Waals surface area contributed by atoms with Gasteiger partial charge < -0.3 is 20.9 Å². The third kappa shape index (κ3) is 4.85. The van der Waals surface area contributed by atoms with Gasteiger partial charge in [0.25, 0.3) is 0 Å². The largest absolute Gasteiger partial charge is 0.382 e. The Morgan fingerprint density at radius 2 is 2.07 bits per heavy atom. The maximum absolute atomic E-state index is 11.6. The number of carbonyl (C=O) groups is 1. The molecule has 0 spiro atoms. The fraction of sp³-hybridized carbons (Fsp3) is 0.409. The molecule has 0 atom stereocenters. The van der Waals surface area contributed by atoms with Gasteiger partial charge in [-0.15, -0.1) is 6.58 Å². The zero-order valence-corrected chi connectivity index (χ0v) is 17.1. The van der Waals surface area contributed by atoms with Crippen molar-refractivity contribution in [3.05, 3.63) is 42.7 Å². The Balaban J connectivity index is 0.00000240. The number of rotatable bonds is 10. The van der Waals surface area contributed by atoms with Crippen LogP contribution in [0.2, 0.25) is 0 Å². The smallest absolute Gasteiger partial charge is 0.315 e. The third-order valence-corrected chi connectivity index (χ3v) is 4.94. The molecule has 7 nitrogen and oxygen atoms in total. The Kier molecular flexibility index (Phi) is 7.05. The lowest BCUT2D eigenvalue weighted by atomic mass is 10.2. The number of urea groups is 1. The summed E-state index contributed by atoms with van der Waals surface area (Å²) < 4.78 is 2.29. The number of aromatic nitrogens is 3. The number of nitrogens with zero attached hydrogens (tertiary/aromatic N) is 3. The van der Waals surface area contributed by atoms with Crippen molar-refractivity contribution in [2.24, 2.45) is 0 Å². The van der Waals surface area contributed by atoms with Crippen LogP contribution in [0.5, 0.6) is 0 Å². The summed E-state index contributed by atoms with van der Waals surface area (Å²) in [7, 11) is 0. The molecular weight excluding hydrogens is 364 g/mol. The Labute approximate surface area is 174 Å². The zero-order valence-electron chi connectivity index (χ0n) is 17.1. The summed E-state index contributed by atoms with van der Waals surface area (Å²) in [5.74, 6) is 1.54. The highest BCUT2D eigenvalue weighted by Crippen LogP contribution is 2.29. The molecule has 158 valence electrons. The monoisotopic (exact) mass is 398 g/mol. The quantitative estimate of drug-likeness (QED) is 0.351. The molecule has 2 heterocycles. The molecule has 1 aromatic carbocycles. The van der Waals surface area contributed by atoms with E-state index < -0.39 is 0 Å². The number of hydrogen-bond donors (Lipinski definition) is 3. The second kappa shape index (κ2) is 9.91. The Morgan fingerprint density at radius 3 is 2.86 bits per heavy atom. The van der Waals surface area contributed by atoms with Crippen LogP contribution in [0.4, 0.5) is 10.6 Å². The van der Waals surface area contributed by atoms with Crippen LogP contribution >= 0.6 is 0 Å². The molecule has 0 saturated carbocycles. The highest BCUT2D eigenvalue weighted by Gasteiger charge is 2.16. The van der Waals surface area contributed by atoms with E-state index in [1.165, 1.54) is 0 Å². The van der Waals surface area contributed by atoms with Crippen molar-refractivity contribution in [3.63, 3.8) is 0 Å². The number of anilines is 1. The van der Waals surface area contributed by atoms with E-state index in [0.717, 1.165) is 66.4 Å². The first kappa shape index (κ1) is 20.6. The number of benzene rings is 1. The molecule has 2 amide bonds. The molecule has 4 N–H and O–H groups in total. The van der Waals surface area contributed by atoms with Crippen LogP contribution in [-0.2, 0) is 13.0 Å². The van der Waals surface area contributed by atoms with E-state index in [1.807, 2.05) is 18.2 Å². The minimum atomic E-state index is -0.161. The van der Waals surface area contributed by atoms with E-state index in [9.17, 15) is 4.79 Å². The minimum Gasteiger partial charge on any atom is -0.382 e. The number of aryl methyl sites for hydroxylation is 2. The summed E-state index contributed by atoms with van der Waals surface area (Å²) >= 11 is 0. The molecule has 0 saturated heterocycles. The average molecular weight is 399 g/mol. The first-order valence-electron chi connectivity index (χ1n) is 10.3. The van der Waals surface area contributed by atoms with Crippen molar-refractivity contribution in [2.45, 2.75) is 45.6 Å². The van der Waals surface area contributed by atoms with Crippen LogP contribution in [0, 0.1) is 0 Å². The summed E-state index contributed by atoms with van der Waals surface area (Å²) in [6, 6.07) is 7.90. The molecule has 0 unspecified atom stereocenters. The Morgan fingerprint density at radius 1 is 1.24 bits per heavy atom. The summed E-state index contributed by atoms with van der Waals surface area (Å²) in [5.41, 5.74) is 8.98. The minimum absolute atomic E-state index is 0. The summed E-state index contributed by atoms with van der Waals surface area (Å²) in [4.78, 5) is 21.0. The van der Waals surface area contributed by atoms with Crippen molar-refractivity contribution < 1.29 is 7.65 Å². The number of para-hydroxylation sites is 1. The number of unbranched alkanes of at least 4 members (excludes halogenated alkanes) is 2. The van der Waals surface area contributed by atoms with Crippen molar-refractivity contribution in [2.75, 3.05) is 18.8 Å². The number of nitrogens with two attached hydrogens (primary N) is 1. The molecule has 3 aromatic rings. The number of nitrogen functional groups attached to an aromatic ring is 1. The number of pyridine rings is 1. The molecule has 0 aliphatic carbocycles. The molecule has 0 bridgehead atoms. The van der Waals surface area contributed by atoms with Crippen molar-refractivity contribution in [1.29, 1.82) is 0 Å². The standard InChI is InChI=1S/C22H30N6O.2H2/c1-3-5-12-18-27-19-20(16-10-6-7-11-17(16)26-21(19)23)28(18)15-9-8-14-25-22(29)24-13-4-2;;/h4,6-7,10-11H,2-3,5,8-9,12-15H2,1H3,(H2,23,26)(H2,24,25,29);2*1H. The molecule has 29 heavy (non-hydrogen) atoms. The Bertz CT molecular complexity index is 1000. The topological polar surface area (TPSA) is 97.9 Å². The normalized spacial score (nSPS) is 11.1. The number of amides is 2. The lowest BCUT2D eigenvalue weighted by Gasteiger charge is -2.11. The molecule has 0 aliphatic rings. The van der Waals surface area contributed by atoms with Gasteiger partial charge in [0, 0.05) is 34.3 Å². The molecule has 0 aliphatic heterocycles. The average Bonchev–Trinajstić information content (AvgIpc) is 3.10. The Hall–Kier alpha value is -3.09. The van der Waals surface area contributed by atoms with Crippen LogP contribution < -0.4 is 16.4 Å². The molecule has 0 radical (unpaired) electrons. The summed E-state index contributed by atoms with van der Waals surface area (Å²) in [6.45, 7) is 7.70. The maximum Gasteiger partial charge on any atom is 0.315 e. The second-order valence-corrected chi connectivity index (χ2v) is 7.13. The van der Waals surface area contributed by atoms with Crippen LogP contribution in [0.3, 0.4) is 0 Å². The van der Waals surface area contributed by atoms with Gasteiger partial charge in [-0.2, -0.15) is 0 Å². The molecule has 7 heteroatoms. The van der Waals surface area contributed by atoms with E-state index in [4.69, 9.17) is 10.7 Å². The van der Waals surface area contributed by atoms with Crippen LogP contribution in [0.15, 0.2) is 36.9 Å². The van der Waals surface area contributed by atoms with Crippen LogP contribution in [0.1, 0.15) is 41.3 Å². The first-order valence-corrected chi connectivity index (χ1v) is 10.3. The molecular formula is C22H34N6O.